The molecule has 0 saturated carbocycles. The van der Waals surface area contributed by atoms with Gasteiger partial charge >= 0.3 is 0 Å². The summed E-state index contributed by atoms with van der Waals surface area (Å²) in [6.07, 6.45) is 1.84. The number of anilines is 1. The van der Waals surface area contributed by atoms with Crippen LogP contribution in [-0.2, 0) is 9.53 Å². The van der Waals surface area contributed by atoms with E-state index in [-0.39, 0.29) is 18.6 Å². The second-order valence-electron chi connectivity index (χ2n) is 7.05. The Kier molecular flexibility index (Phi) is 6.58. The van der Waals surface area contributed by atoms with Crippen LogP contribution >= 0.6 is 23.1 Å². The highest BCUT2D eigenvalue weighted by Gasteiger charge is 2.25. The van der Waals surface area contributed by atoms with Gasteiger partial charge in [0, 0.05) is 11.5 Å². The summed E-state index contributed by atoms with van der Waals surface area (Å²) in [7, 11) is 0. The predicted molar refractivity (Wildman–Crippen MR) is 120 cm³/mol. The van der Waals surface area contributed by atoms with E-state index in [0.29, 0.717) is 32.7 Å². The van der Waals surface area contributed by atoms with Gasteiger partial charge in [0.2, 0.25) is 17.1 Å². The van der Waals surface area contributed by atoms with Crippen molar-refractivity contribution in [2.24, 2.45) is 0 Å². The molecule has 1 aromatic carbocycles. The van der Waals surface area contributed by atoms with Gasteiger partial charge < -0.3 is 9.47 Å². The molecule has 166 valence electrons. The third kappa shape index (κ3) is 4.85. The number of carbonyl (C=O) groups is 1. The number of rotatable bonds is 8. The van der Waals surface area contributed by atoms with Crippen LogP contribution < -0.4 is 10.1 Å². The highest BCUT2D eigenvalue weighted by atomic mass is 35.5. The van der Waals surface area contributed by atoms with Crippen LogP contribution in [0.15, 0.2) is 36.8 Å². The lowest BCUT2D eigenvalue weighted by molar-refractivity contribution is -0.126. The molecule has 10 nitrogen and oxygen atoms in total. The lowest BCUT2D eigenvalue weighted by atomic mass is 10.3. The number of ether oxygens (including phenoxy) is 2. The molecule has 0 saturated heterocycles. The van der Waals surface area contributed by atoms with Crippen LogP contribution in [0.1, 0.15) is 19.7 Å². The maximum absolute atomic E-state index is 12.9. The fourth-order valence-corrected chi connectivity index (χ4v) is 3.62. The number of nitrogens with zero attached hydrogens (tertiary/aromatic N) is 6. The van der Waals surface area contributed by atoms with E-state index in [2.05, 4.69) is 29.7 Å². The Morgan fingerprint density at radius 2 is 2.09 bits per heavy atom. The number of para-hydroxylation sites is 1. The second-order valence-corrected chi connectivity index (χ2v) is 8.21. The SMILES string of the molecule is Cc1nsc(NC(=O)C(COC(C)C)Oc2ncnc3c2cnn3-c2ccccc2Cl)n1. The summed E-state index contributed by atoms with van der Waals surface area (Å²) in [5.74, 6) is 0.354. The number of nitrogens with one attached hydrogen (secondary N) is 1. The molecule has 0 radical (unpaired) electrons. The highest BCUT2D eigenvalue weighted by molar-refractivity contribution is 7.09. The third-order valence-electron chi connectivity index (χ3n) is 4.29. The molecule has 0 fully saturated rings. The zero-order valence-corrected chi connectivity index (χ0v) is 19.1. The van der Waals surface area contributed by atoms with Gasteiger partial charge in [-0.25, -0.2) is 19.6 Å². The van der Waals surface area contributed by atoms with Gasteiger partial charge in [-0.3, -0.25) is 10.1 Å². The van der Waals surface area contributed by atoms with Crippen LogP contribution in [-0.4, -0.2) is 53.8 Å². The number of hydrogen-bond donors (Lipinski definition) is 1. The fourth-order valence-electron chi connectivity index (χ4n) is 2.83. The van der Waals surface area contributed by atoms with Crippen molar-refractivity contribution in [3.05, 3.63) is 47.6 Å². The Balaban J connectivity index is 1.63. The Hall–Kier alpha value is -3.15. The monoisotopic (exact) mass is 473 g/mol. The van der Waals surface area contributed by atoms with E-state index in [4.69, 9.17) is 21.1 Å². The summed E-state index contributed by atoms with van der Waals surface area (Å²) >= 11 is 7.41. The topological polar surface area (TPSA) is 117 Å². The van der Waals surface area contributed by atoms with Crippen molar-refractivity contribution >= 4 is 45.2 Å². The minimum Gasteiger partial charge on any atom is -0.461 e. The number of hydrogen-bond acceptors (Lipinski definition) is 9. The van der Waals surface area contributed by atoms with Gasteiger partial charge in [-0.15, -0.1) is 0 Å². The van der Waals surface area contributed by atoms with E-state index < -0.39 is 12.0 Å². The number of aromatic nitrogens is 6. The van der Waals surface area contributed by atoms with Gasteiger partial charge in [0.1, 0.15) is 17.5 Å². The van der Waals surface area contributed by atoms with Gasteiger partial charge in [0.15, 0.2) is 5.65 Å². The van der Waals surface area contributed by atoms with Gasteiger partial charge in [0.25, 0.3) is 5.91 Å². The van der Waals surface area contributed by atoms with Crippen molar-refractivity contribution in [1.29, 1.82) is 0 Å². The molecule has 0 spiro atoms. The summed E-state index contributed by atoms with van der Waals surface area (Å²) in [4.78, 5) is 25.6. The number of halogens is 1. The van der Waals surface area contributed by atoms with Gasteiger partial charge in [-0.05, 0) is 32.9 Å². The van der Waals surface area contributed by atoms with Crippen molar-refractivity contribution in [2.45, 2.75) is 33.0 Å². The Labute approximate surface area is 192 Å². The lowest BCUT2D eigenvalue weighted by Gasteiger charge is -2.19. The van der Waals surface area contributed by atoms with Crippen molar-refractivity contribution in [2.75, 3.05) is 11.9 Å². The van der Waals surface area contributed by atoms with Crippen LogP contribution in [0.2, 0.25) is 5.02 Å². The van der Waals surface area contributed by atoms with Crippen molar-refractivity contribution in [1.82, 2.24) is 29.1 Å². The first kappa shape index (κ1) is 22.1. The molecule has 4 rings (SSSR count). The fraction of sp³-hybridized carbons (Fsp3) is 0.300. The van der Waals surface area contributed by atoms with Crippen LogP contribution in [0.25, 0.3) is 16.7 Å². The third-order valence-corrected chi connectivity index (χ3v) is 5.34. The van der Waals surface area contributed by atoms with Crippen molar-refractivity contribution in [3.8, 4) is 11.6 Å². The molecule has 0 bridgehead atoms. The maximum atomic E-state index is 12.9. The van der Waals surface area contributed by atoms with E-state index in [0.717, 1.165) is 11.5 Å². The molecular weight excluding hydrogens is 454 g/mol. The molecule has 3 heterocycles. The molecule has 1 unspecified atom stereocenters. The molecule has 0 aliphatic rings. The smallest absolute Gasteiger partial charge is 0.269 e. The standard InChI is InChI=1S/C20H20ClN7O3S/c1-11(2)30-9-16(18(29)26-20-25-12(3)27-32-20)31-19-13-8-24-28(17(13)22-10-23-19)15-7-5-4-6-14(15)21/h4-8,10-11,16H,9H2,1-3H3,(H,25,26,27,29). The van der Waals surface area contributed by atoms with E-state index >= 15 is 0 Å². The maximum Gasteiger partial charge on any atom is 0.269 e. The molecular formula is C20H20ClN7O3S. The summed E-state index contributed by atoms with van der Waals surface area (Å²) in [6, 6.07) is 7.28. The molecule has 1 N–H and O–H groups in total. The van der Waals surface area contributed by atoms with E-state index in [1.165, 1.54) is 6.33 Å². The number of amides is 1. The Morgan fingerprint density at radius 1 is 1.28 bits per heavy atom. The van der Waals surface area contributed by atoms with Gasteiger partial charge in [0.05, 0.1) is 29.6 Å². The van der Waals surface area contributed by atoms with E-state index in [9.17, 15) is 4.79 Å². The lowest BCUT2D eigenvalue weighted by Crippen LogP contribution is -2.38. The summed E-state index contributed by atoms with van der Waals surface area (Å²) in [5.41, 5.74) is 1.16. The minimum atomic E-state index is -0.983. The molecule has 12 heteroatoms. The quantitative estimate of drug-likeness (QED) is 0.413. The van der Waals surface area contributed by atoms with E-state index in [1.54, 1.807) is 23.9 Å². The zero-order chi connectivity index (χ0) is 22.7. The predicted octanol–water partition coefficient (Wildman–Crippen LogP) is 3.44. The van der Waals surface area contributed by atoms with Crippen molar-refractivity contribution in [3.63, 3.8) is 0 Å². The number of benzene rings is 1. The van der Waals surface area contributed by atoms with Gasteiger partial charge in [-0.1, -0.05) is 23.7 Å². The summed E-state index contributed by atoms with van der Waals surface area (Å²) < 4.78 is 17.3. The number of carbonyl (C=O) groups excluding carboxylic acids is 1. The first-order chi connectivity index (χ1) is 15.4. The van der Waals surface area contributed by atoms with Crippen molar-refractivity contribution < 1.29 is 14.3 Å². The molecule has 0 aliphatic heterocycles. The molecule has 3 aromatic heterocycles. The molecule has 1 amide bonds. The molecule has 1 atom stereocenters. The normalized spacial score (nSPS) is 12.3. The Morgan fingerprint density at radius 3 is 2.81 bits per heavy atom. The molecule has 4 aromatic rings. The average molecular weight is 474 g/mol. The van der Waals surface area contributed by atoms with Crippen LogP contribution in [0.3, 0.4) is 0 Å². The minimum absolute atomic E-state index is 0.0193. The van der Waals surface area contributed by atoms with E-state index in [1.807, 2.05) is 32.0 Å². The second kappa shape index (κ2) is 9.55. The van der Waals surface area contributed by atoms with Crippen LogP contribution in [0.4, 0.5) is 5.13 Å². The first-order valence-corrected chi connectivity index (χ1v) is 10.9. The zero-order valence-electron chi connectivity index (χ0n) is 17.5. The molecule has 32 heavy (non-hydrogen) atoms. The Bertz CT molecular complexity index is 1240. The summed E-state index contributed by atoms with van der Waals surface area (Å²) in [5, 5.41) is 8.53. The largest absolute Gasteiger partial charge is 0.461 e. The van der Waals surface area contributed by atoms with Crippen LogP contribution in [0, 0.1) is 6.92 Å². The average Bonchev–Trinajstić information content (AvgIpc) is 3.37. The summed E-state index contributed by atoms with van der Waals surface area (Å²) in [6.45, 7) is 5.51. The highest BCUT2D eigenvalue weighted by Crippen LogP contribution is 2.27. The first-order valence-electron chi connectivity index (χ1n) is 9.75. The number of fused-ring (bicyclic) bond motifs is 1. The van der Waals surface area contributed by atoms with Gasteiger partial charge in [-0.2, -0.15) is 9.47 Å². The van der Waals surface area contributed by atoms with Crippen LogP contribution in [0.5, 0.6) is 5.88 Å². The number of aryl methyl sites for hydroxylation is 1. The molecule has 0 aliphatic carbocycles.